The quantitative estimate of drug-likeness (QED) is 0.470. The fraction of sp³-hybridized carbons (Fsp3) is 0.625. The second kappa shape index (κ2) is 10.8. The average molecular weight is 459 g/mol. The lowest BCUT2D eigenvalue weighted by Crippen LogP contribution is -2.43. The number of carbonyl (C=O) groups excluding carboxylic acids is 1. The fourth-order valence-corrected chi connectivity index (χ4v) is 5.74. The highest BCUT2D eigenvalue weighted by atomic mass is 32.2. The summed E-state index contributed by atoms with van der Waals surface area (Å²) in [6, 6.07) is 7.47. The lowest BCUT2D eigenvalue weighted by molar-refractivity contribution is -0.130. The predicted molar refractivity (Wildman–Crippen MR) is 128 cm³/mol. The summed E-state index contributed by atoms with van der Waals surface area (Å²) in [5.74, 6) is 1.51. The normalized spacial score (nSPS) is 22.4. The Labute approximate surface area is 194 Å². The maximum Gasteiger partial charge on any atom is 0.262 e. The van der Waals surface area contributed by atoms with E-state index in [4.69, 9.17) is 9.72 Å². The molecule has 3 heterocycles. The Morgan fingerprint density at radius 3 is 2.59 bits per heavy atom. The molecule has 32 heavy (non-hydrogen) atoms. The van der Waals surface area contributed by atoms with Crippen molar-refractivity contribution >= 4 is 28.6 Å². The summed E-state index contributed by atoms with van der Waals surface area (Å²) in [6.07, 6.45) is 2.04. The number of ether oxygens (including phenoxy) is 1. The van der Waals surface area contributed by atoms with Crippen LogP contribution < -0.4 is 5.56 Å². The molecule has 4 rings (SSSR count). The van der Waals surface area contributed by atoms with Crippen molar-refractivity contribution < 1.29 is 9.53 Å². The maximum atomic E-state index is 13.2. The molecule has 0 spiro atoms. The van der Waals surface area contributed by atoms with E-state index in [9.17, 15) is 9.59 Å². The van der Waals surface area contributed by atoms with Crippen molar-refractivity contribution in [2.24, 2.45) is 11.8 Å². The number of amides is 1. The number of likely N-dealkylation sites (tertiary alicyclic amines) is 1. The molecule has 0 aliphatic carbocycles. The Bertz CT molecular complexity index is 979. The molecule has 2 aromatic rings. The van der Waals surface area contributed by atoms with Crippen molar-refractivity contribution in [3.05, 3.63) is 34.6 Å². The van der Waals surface area contributed by atoms with Crippen LogP contribution in [0.1, 0.15) is 26.7 Å². The molecule has 0 bridgehead atoms. The van der Waals surface area contributed by atoms with Crippen molar-refractivity contribution in [3.63, 3.8) is 0 Å². The van der Waals surface area contributed by atoms with E-state index < -0.39 is 0 Å². The van der Waals surface area contributed by atoms with Crippen LogP contribution in [0.15, 0.2) is 34.2 Å². The number of morpholine rings is 1. The zero-order valence-electron chi connectivity index (χ0n) is 19.2. The maximum absolute atomic E-state index is 13.2. The molecule has 2 aliphatic heterocycles. The molecule has 2 atom stereocenters. The fourth-order valence-electron chi connectivity index (χ4n) is 4.82. The smallest absolute Gasteiger partial charge is 0.262 e. The highest BCUT2D eigenvalue weighted by Gasteiger charge is 2.25. The third kappa shape index (κ3) is 5.71. The first-order valence-corrected chi connectivity index (χ1v) is 12.7. The second-order valence-corrected chi connectivity index (χ2v) is 10.2. The Balaban J connectivity index is 1.48. The van der Waals surface area contributed by atoms with E-state index in [2.05, 4.69) is 18.7 Å². The van der Waals surface area contributed by atoms with Crippen LogP contribution in [0.4, 0.5) is 0 Å². The molecule has 1 amide bonds. The van der Waals surface area contributed by atoms with Crippen LogP contribution in [0.5, 0.6) is 0 Å². The van der Waals surface area contributed by atoms with Crippen LogP contribution in [-0.2, 0) is 16.1 Å². The highest BCUT2D eigenvalue weighted by Crippen LogP contribution is 2.23. The number of hydrogen-bond acceptors (Lipinski definition) is 6. The Morgan fingerprint density at radius 1 is 1.12 bits per heavy atom. The average Bonchev–Trinajstić information content (AvgIpc) is 2.79. The molecule has 2 saturated heterocycles. The van der Waals surface area contributed by atoms with E-state index in [0.29, 0.717) is 40.2 Å². The molecule has 0 N–H and O–H groups in total. The van der Waals surface area contributed by atoms with Gasteiger partial charge in [-0.2, -0.15) is 0 Å². The number of hydrogen-bond donors (Lipinski definition) is 0. The third-order valence-electron chi connectivity index (χ3n) is 6.33. The van der Waals surface area contributed by atoms with E-state index in [0.717, 1.165) is 52.4 Å². The van der Waals surface area contributed by atoms with Gasteiger partial charge in [0.05, 0.1) is 29.9 Å². The summed E-state index contributed by atoms with van der Waals surface area (Å²) in [5.41, 5.74) is 0.671. The minimum absolute atomic E-state index is 0.0206. The van der Waals surface area contributed by atoms with Gasteiger partial charge >= 0.3 is 0 Å². The van der Waals surface area contributed by atoms with Crippen LogP contribution in [0.25, 0.3) is 10.9 Å². The van der Waals surface area contributed by atoms with Crippen molar-refractivity contribution in [3.8, 4) is 0 Å². The van der Waals surface area contributed by atoms with Gasteiger partial charge in [-0.05, 0) is 36.8 Å². The number of para-hydroxylation sites is 1. The molecule has 2 aliphatic rings. The van der Waals surface area contributed by atoms with Crippen LogP contribution in [0, 0.1) is 11.8 Å². The van der Waals surface area contributed by atoms with Gasteiger partial charge in [0.15, 0.2) is 5.16 Å². The Morgan fingerprint density at radius 2 is 1.84 bits per heavy atom. The summed E-state index contributed by atoms with van der Waals surface area (Å²) in [7, 11) is 0. The SMILES string of the molecule is C[C@H]1C[C@H](C)CN(C(=O)CSc2nc3ccccc3c(=O)n2CCCN2CCOCC2)C1. The predicted octanol–water partition coefficient (Wildman–Crippen LogP) is 2.72. The topological polar surface area (TPSA) is 67.7 Å². The standard InChI is InChI=1S/C24H34N4O3S/c1-18-14-19(2)16-27(15-18)22(29)17-32-24-25-21-7-4-3-6-20(21)23(30)28(24)9-5-8-26-10-12-31-13-11-26/h3-4,6-7,18-19H,5,8-17H2,1-2H3/t18-,19-/m0/s1. The van der Waals surface area contributed by atoms with Crippen molar-refractivity contribution in [1.82, 2.24) is 19.4 Å². The highest BCUT2D eigenvalue weighted by molar-refractivity contribution is 7.99. The largest absolute Gasteiger partial charge is 0.379 e. The minimum atomic E-state index is -0.0206. The summed E-state index contributed by atoms with van der Waals surface area (Å²) in [4.78, 5) is 35.3. The lowest BCUT2D eigenvalue weighted by atomic mass is 9.92. The van der Waals surface area contributed by atoms with Gasteiger partial charge in [-0.15, -0.1) is 0 Å². The van der Waals surface area contributed by atoms with E-state index in [1.54, 1.807) is 4.57 Å². The lowest BCUT2D eigenvalue weighted by Gasteiger charge is -2.35. The Kier molecular flexibility index (Phi) is 7.86. The molecule has 0 saturated carbocycles. The van der Waals surface area contributed by atoms with Crippen LogP contribution >= 0.6 is 11.8 Å². The van der Waals surface area contributed by atoms with E-state index in [1.807, 2.05) is 29.2 Å². The number of nitrogens with zero attached hydrogens (tertiary/aromatic N) is 4. The van der Waals surface area contributed by atoms with Crippen molar-refractivity contribution in [1.29, 1.82) is 0 Å². The van der Waals surface area contributed by atoms with E-state index in [1.165, 1.54) is 18.2 Å². The van der Waals surface area contributed by atoms with E-state index in [-0.39, 0.29) is 11.5 Å². The summed E-state index contributed by atoms with van der Waals surface area (Å²) >= 11 is 1.39. The molecule has 2 fully saturated rings. The molecule has 8 heteroatoms. The molecular formula is C24H34N4O3S. The number of fused-ring (bicyclic) bond motifs is 1. The van der Waals surface area contributed by atoms with Crippen LogP contribution in [0.3, 0.4) is 0 Å². The van der Waals surface area contributed by atoms with Crippen molar-refractivity contribution in [2.75, 3.05) is 51.7 Å². The number of rotatable bonds is 7. The van der Waals surface area contributed by atoms with Gasteiger partial charge in [0.2, 0.25) is 5.91 Å². The third-order valence-corrected chi connectivity index (χ3v) is 7.29. The van der Waals surface area contributed by atoms with Gasteiger partial charge in [0.1, 0.15) is 0 Å². The molecule has 7 nitrogen and oxygen atoms in total. The monoisotopic (exact) mass is 458 g/mol. The summed E-state index contributed by atoms with van der Waals surface area (Å²) in [5, 5.41) is 1.27. The van der Waals surface area contributed by atoms with Gasteiger partial charge in [0.25, 0.3) is 5.56 Å². The molecule has 1 aromatic carbocycles. The van der Waals surface area contributed by atoms with Gasteiger partial charge in [-0.3, -0.25) is 19.1 Å². The Hall–Kier alpha value is -1.90. The zero-order chi connectivity index (χ0) is 22.5. The molecular weight excluding hydrogens is 424 g/mol. The van der Waals surface area contributed by atoms with Crippen LogP contribution in [-0.4, -0.2) is 76.9 Å². The molecule has 0 radical (unpaired) electrons. The zero-order valence-corrected chi connectivity index (χ0v) is 20.0. The van der Waals surface area contributed by atoms with Gasteiger partial charge < -0.3 is 9.64 Å². The number of piperidine rings is 1. The van der Waals surface area contributed by atoms with Gasteiger partial charge in [-0.1, -0.05) is 37.7 Å². The summed E-state index contributed by atoms with van der Waals surface area (Å²) in [6.45, 7) is 11.0. The number of carbonyl (C=O) groups is 1. The van der Waals surface area contributed by atoms with Gasteiger partial charge in [0, 0.05) is 39.3 Å². The molecule has 1 aromatic heterocycles. The number of thioether (sulfide) groups is 1. The second-order valence-electron chi connectivity index (χ2n) is 9.21. The number of benzene rings is 1. The number of aromatic nitrogens is 2. The first-order chi connectivity index (χ1) is 15.5. The summed E-state index contributed by atoms with van der Waals surface area (Å²) < 4.78 is 7.19. The molecule has 0 unspecified atom stereocenters. The minimum Gasteiger partial charge on any atom is -0.379 e. The van der Waals surface area contributed by atoms with E-state index >= 15 is 0 Å². The van der Waals surface area contributed by atoms with Crippen molar-refractivity contribution in [2.45, 2.75) is 38.4 Å². The first kappa shape index (κ1) is 23.3. The molecule has 174 valence electrons. The van der Waals surface area contributed by atoms with Crippen LogP contribution in [0.2, 0.25) is 0 Å². The van der Waals surface area contributed by atoms with Gasteiger partial charge in [-0.25, -0.2) is 4.98 Å². The first-order valence-electron chi connectivity index (χ1n) is 11.7.